The standard InChI is InChI=1S/C13H21NO4S/c1-10-7-12(9-15)8-13(11(10)2)19(16,17)14(3)5-6-18-4/h7-8,15H,5-6,9H2,1-4H3. The van der Waals surface area contributed by atoms with E-state index >= 15 is 0 Å². The molecule has 0 bridgehead atoms. The summed E-state index contributed by atoms with van der Waals surface area (Å²) in [6.07, 6.45) is 0. The second-order valence-electron chi connectivity index (χ2n) is 4.51. The molecule has 0 unspecified atom stereocenters. The van der Waals surface area contributed by atoms with Crippen LogP contribution < -0.4 is 0 Å². The highest BCUT2D eigenvalue weighted by Crippen LogP contribution is 2.23. The first-order chi connectivity index (χ1) is 8.84. The van der Waals surface area contributed by atoms with Crippen LogP contribution in [0, 0.1) is 13.8 Å². The van der Waals surface area contributed by atoms with Gasteiger partial charge in [-0.1, -0.05) is 6.07 Å². The molecule has 0 atom stereocenters. The Morgan fingerprint density at radius 3 is 2.47 bits per heavy atom. The molecule has 0 radical (unpaired) electrons. The number of nitrogens with zero attached hydrogens (tertiary/aromatic N) is 1. The normalized spacial score (nSPS) is 12.1. The number of aryl methyl sites for hydroxylation is 1. The van der Waals surface area contributed by atoms with Crippen LogP contribution in [0.2, 0.25) is 0 Å². The molecule has 0 fully saturated rings. The number of sulfonamides is 1. The van der Waals surface area contributed by atoms with Gasteiger partial charge in [-0.3, -0.25) is 0 Å². The van der Waals surface area contributed by atoms with E-state index in [-0.39, 0.29) is 11.5 Å². The van der Waals surface area contributed by atoms with E-state index in [4.69, 9.17) is 4.74 Å². The van der Waals surface area contributed by atoms with Crippen molar-refractivity contribution in [1.29, 1.82) is 0 Å². The fourth-order valence-corrected chi connectivity index (χ4v) is 3.27. The maximum absolute atomic E-state index is 12.5. The quantitative estimate of drug-likeness (QED) is 0.849. The Hall–Kier alpha value is -0.950. The van der Waals surface area contributed by atoms with Crippen LogP contribution in [0.3, 0.4) is 0 Å². The number of aliphatic hydroxyl groups excluding tert-OH is 1. The molecule has 19 heavy (non-hydrogen) atoms. The maximum atomic E-state index is 12.5. The number of likely N-dealkylation sites (N-methyl/N-ethyl adjacent to an activating group) is 1. The molecular weight excluding hydrogens is 266 g/mol. The van der Waals surface area contributed by atoms with Crippen LogP contribution in [-0.4, -0.2) is 45.1 Å². The number of hydrogen-bond acceptors (Lipinski definition) is 4. The smallest absolute Gasteiger partial charge is 0.243 e. The van der Waals surface area contributed by atoms with Crippen molar-refractivity contribution in [3.05, 3.63) is 28.8 Å². The van der Waals surface area contributed by atoms with Crippen molar-refractivity contribution in [3.8, 4) is 0 Å². The Morgan fingerprint density at radius 2 is 1.95 bits per heavy atom. The van der Waals surface area contributed by atoms with Gasteiger partial charge in [0.25, 0.3) is 0 Å². The van der Waals surface area contributed by atoms with Gasteiger partial charge in [0, 0.05) is 20.7 Å². The lowest BCUT2D eigenvalue weighted by molar-refractivity contribution is 0.185. The molecule has 0 saturated carbocycles. The highest BCUT2D eigenvalue weighted by Gasteiger charge is 2.23. The summed E-state index contributed by atoms with van der Waals surface area (Å²) in [5.74, 6) is 0. The van der Waals surface area contributed by atoms with Gasteiger partial charge in [-0.2, -0.15) is 4.31 Å². The topological polar surface area (TPSA) is 66.8 Å². The van der Waals surface area contributed by atoms with Gasteiger partial charge >= 0.3 is 0 Å². The summed E-state index contributed by atoms with van der Waals surface area (Å²) < 4.78 is 31.1. The third kappa shape index (κ3) is 3.54. The first-order valence-corrected chi connectivity index (χ1v) is 7.44. The Morgan fingerprint density at radius 1 is 1.32 bits per heavy atom. The van der Waals surface area contributed by atoms with Crippen LogP contribution >= 0.6 is 0 Å². The number of hydrogen-bond donors (Lipinski definition) is 1. The number of rotatable bonds is 6. The largest absolute Gasteiger partial charge is 0.392 e. The Bertz CT molecular complexity index is 540. The third-order valence-corrected chi connectivity index (χ3v) is 5.14. The maximum Gasteiger partial charge on any atom is 0.243 e. The molecule has 0 saturated heterocycles. The van der Waals surface area contributed by atoms with Crippen molar-refractivity contribution in [2.24, 2.45) is 0 Å². The molecule has 0 heterocycles. The number of benzene rings is 1. The van der Waals surface area contributed by atoms with Crippen molar-refractivity contribution in [1.82, 2.24) is 4.31 Å². The summed E-state index contributed by atoms with van der Waals surface area (Å²) in [4.78, 5) is 0.246. The molecule has 0 aliphatic heterocycles. The second-order valence-corrected chi connectivity index (χ2v) is 6.53. The van der Waals surface area contributed by atoms with Crippen molar-refractivity contribution in [2.45, 2.75) is 25.3 Å². The SMILES string of the molecule is COCCN(C)S(=O)(=O)c1cc(CO)cc(C)c1C. The van der Waals surface area contributed by atoms with Gasteiger partial charge in [-0.25, -0.2) is 8.42 Å². The lowest BCUT2D eigenvalue weighted by Crippen LogP contribution is -2.30. The first kappa shape index (κ1) is 16.1. The summed E-state index contributed by atoms with van der Waals surface area (Å²) in [6.45, 7) is 4.07. The molecule has 0 aliphatic rings. The minimum Gasteiger partial charge on any atom is -0.392 e. The predicted molar refractivity (Wildman–Crippen MR) is 73.5 cm³/mol. The first-order valence-electron chi connectivity index (χ1n) is 6.00. The zero-order valence-electron chi connectivity index (χ0n) is 11.8. The van der Waals surface area contributed by atoms with Crippen molar-refractivity contribution in [3.63, 3.8) is 0 Å². The van der Waals surface area contributed by atoms with Crippen LogP contribution in [0.4, 0.5) is 0 Å². The average Bonchev–Trinajstić information content (AvgIpc) is 2.38. The van der Waals surface area contributed by atoms with E-state index in [9.17, 15) is 13.5 Å². The van der Waals surface area contributed by atoms with Crippen LogP contribution in [0.25, 0.3) is 0 Å². The summed E-state index contributed by atoms with van der Waals surface area (Å²) in [7, 11) is -0.502. The number of aliphatic hydroxyl groups is 1. The zero-order chi connectivity index (χ0) is 14.6. The van der Waals surface area contributed by atoms with E-state index in [1.807, 2.05) is 6.92 Å². The van der Waals surface area contributed by atoms with Gasteiger partial charge in [0.15, 0.2) is 0 Å². The van der Waals surface area contributed by atoms with Crippen LogP contribution in [0.15, 0.2) is 17.0 Å². The molecule has 0 aromatic heterocycles. The van der Waals surface area contributed by atoms with E-state index in [1.165, 1.54) is 24.5 Å². The number of methoxy groups -OCH3 is 1. The van der Waals surface area contributed by atoms with Gasteiger partial charge in [0.1, 0.15) is 0 Å². The molecule has 1 aromatic rings. The number of ether oxygens (including phenoxy) is 1. The van der Waals surface area contributed by atoms with Gasteiger partial charge < -0.3 is 9.84 Å². The lowest BCUT2D eigenvalue weighted by atomic mass is 10.1. The molecule has 1 rings (SSSR count). The molecule has 1 aromatic carbocycles. The monoisotopic (exact) mass is 287 g/mol. The van der Waals surface area contributed by atoms with E-state index in [0.29, 0.717) is 24.3 Å². The van der Waals surface area contributed by atoms with Gasteiger partial charge in [0.2, 0.25) is 10.0 Å². The molecule has 0 amide bonds. The van der Waals surface area contributed by atoms with E-state index in [0.717, 1.165) is 5.56 Å². The fraction of sp³-hybridized carbons (Fsp3) is 0.538. The zero-order valence-corrected chi connectivity index (χ0v) is 12.6. The molecule has 0 aliphatic carbocycles. The molecular formula is C13H21NO4S. The third-order valence-electron chi connectivity index (χ3n) is 3.16. The van der Waals surface area contributed by atoms with E-state index in [2.05, 4.69) is 0 Å². The van der Waals surface area contributed by atoms with Crippen LogP contribution in [-0.2, 0) is 21.4 Å². The molecule has 6 heteroatoms. The summed E-state index contributed by atoms with van der Waals surface area (Å²) in [5.41, 5.74) is 2.16. The minimum absolute atomic E-state index is 0.175. The van der Waals surface area contributed by atoms with Crippen molar-refractivity contribution < 1.29 is 18.3 Å². The van der Waals surface area contributed by atoms with E-state index in [1.54, 1.807) is 13.0 Å². The van der Waals surface area contributed by atoms with Crippen molar-refractivity contribution in [2.75, 3.05) is 27.3 Å². The predicted octanol–water partition coefficient (Wildman–Crippen LogP) is 1.06. The highest BCUT2D eigenvalue weighted by atomic mass is 32.2. The summed E-state index contributed by atoms with van der Waals surface area (Å²) in [6, 6.07) is 3.32. The molecule has 1 N–H and O–H groups in total. The Labute approximate surface area is 114 Å². The molecule has 108 valence electrons. The summed E-state index contributed by atoms with van der Waals surface area (Å²) in [5, 5.41) is 9.19. The average molecular weight is 287 g/mol. The van der Waals surface area contributed by atoms with Crippen molar-refractivity contribution >= 4 is 10.0 Å². The molecule has 5 nitrogen and oxygen atoms in total. The summed E-state index contributed by atoms with van der Waals surface area (Å²) >= 11 is 0. The molecule has 0 spiro atoms. The Balaban J connectivity index is 3.24. The van der Waals surface area contributed by atoms with Gasteiger partial charge in [-0.15, -0.1) is 0 Å². The lowest BCUT2D eigenvalue weighted by Gasteiger charge is -2.19. The fourth-order valence-electron chi connectivity index (χ4n) is 1.77. The minimum atomic E-state index is -3.55. The van der Waals surface area contributed by atoms with Gasteiger partial charge in [-0.05, 0) is 36.6 Å². The van der Waals surface area contributed by atoms with Gasteiger partial charge in [0.05, 0.1) is 18.1 Å². The van der Waals surface area contributed by atoms with Crippen LogP contribution in [0.1, 0.15) is 16.7 Å². The highest BCUT2D eigenvalue weighted by molar-refractivity contribution is 7.89. The second kappa shape index (κ2) is 6.47. The van der Waals surface area contributed by atoms with Crippen LogP contribution in [0.5, 0.6) is 0 Å². The Kier molecular flexibility index (Phi) is 5.49. The van der Waals surface area contributed by atoms with E-state index < -0.39 is 10.0 Å².